The van der Waals surface area contributed by atoms with Gasteiger partial charge in [0.05, 0.1) is 6.04 Å². The number of benzene rings is 1. The van der Waals surface area contributed by atoms with Crippen molar-refractivity contribution in [1.29, 1.82) is 0 Å². The van der Waals surface area contributed by atoms with Crippen LogP contribution in [0.3, 0.4) is 0 Å². The molecule has 142 valence electrons. The Hall–Kier alpha value is -2.49. The van der Waals surface area contributed by atoms with Crippen molar-refractivity contribution >= 4 is 27.3 Å². The molecular formula is C18H18FN3O3S2. The minimum Gasteiger partial charge on any atom is -0.345 e. The maximum absolute atomic E-state index is 13.3. The van der Waals surface area contributed by atoms with E-state index in [0.29, 0.717) is 0 Å². The first-order valence-electron chi connectivity index (χ1n) is 8.01. The van der Waals surface area contributed by atoms with Crippen LogP contribution >= 0.6 is 11.3 Å². The quantitative estimate of drug-likeness (QED) is 0.659. The molecule has 0 aliphatic carbocycles. The van der Waals surface area contributed by atoms with E-state index in [1.807, 2.05) is 17.5 Å². The van der Waals surface area contributed by atoms with Gasteiger partial charge in [0.1, 0.15) is 16.4 Å². The third-order valence-electron chi connectivity index (χ3n) is 4.10. The van der Waals surface area contributed by atoms with Gasteiger partial charge in [-0.1, -0.05) is 18.2 Å². The van der Waals surface area contributed by atoms with E-state index in [0.717, 1.165) is 10.4 Å². The number of carbonyl (C=O) groups excluding carboxylic acids is 1. The van der Waals surface area contributed by atoms with E-state index in [4.69, 9.17) is 0 Å². The molecule has 1 atom stereocenters. The zero-order valence-electron chi connectivity index (χ0n) is 14.6. The van der Waals surface area contributed by atoms with Gasteiger partial charge in [0.2, 0.25) is 10.0 Å². The van der Waals surface area contributed by atoms with Gasteiger partial charge in [-0.15, -0.1) is 11.3 Å². The summed E-state index contributed by atoms with van der Waals surface area (Å²) in [6.07, 6.45) is 1.37. The molecule has 6 nitrogen and oxygen atoms in total. The number of amides is 1. The average molecular weight is 407 g/mol. The molecule has 9 heteroatoms. The average Bonchev–Trinajstić information content (AvgIpc) is 3.30. The number of rotatable bonds is 6. The highest BCUT2D eigenvalue weighted by Gasteiger charge is 2.23. The van der Waals surface area contributed by atoms with E-state index in [1.54, 1.807) is 19.2 Å². The standard InChI is InChI=1S/C18H18FN3O3S2/c1-20-27(24,25)14-10-15(22(2)11-14)18(23)21-17(16-4-3-9-26-16)12-5-7-13(19)8-6-12/h3-11,17,20H,1-2H3,(H,21,23). The van der Waals surface area contributed by atoms with Crippen molar-refractivity contribution in [2.24, 2.45) is 7.05 Å². The van der Waals surface area contributed by atoms with Crippen LogP contribution in [0.1, 0.15) is 27.0 Å². The number of hydrogen-bond donors (Lipinski definition) is 2. The summed E-state index contributed by atoms with van der Waals surface area (Å²) in [6, 6.07) is 10.5. The Morgan fingerprint density at radius 1 is 1.22 bits per heavy atom. The molecule has 0 fully saturated rings. The smallest absolute Gasteiger partial charge is 0.268 e. The van der Waals surface area contributed by atoms with Gasteiger partial charge in [-0.3, -0.25) is 4.79 Å². The van der Waals surface area contributed by atoms with Gasteiger partial charge in [-0.2, -0.15) is 0 Å². The van der Waals surface area contributed by atoms with Gasteiger partial charge in [0.15, 0.2) is 0 Å². The van der Waals surface area contributed by atoms with Crippen molar-refractivity contribution in [3.63, 3.8) is 0 Å². The molecule has 3 aromatic rings. The first-order chi connectivity index (χ1) is 12.8. The second-order valence-electron chi connectivity index (χ2n) is 5.85. The number of halogens is 1. The molecule has 1 aromatic carbocycles. The van der Waals surface area contributed by atoms with Crippen molar-refractivity contribution in [2.75, 3.05) is 7.05 Å². The number of aromatic nitrogens is 1. The van der Waals surface area contributed by atoms with Crippen molar-refractivity contribution in [3.05, 3.63) is 76.0 Å². The largest absolute Gasteiger partial charge is 0.345 e. The van der Waals surface area contributed by atoms with E-state index in [2.05, 4.69) is 10.0 Å². The van der Waals surface area contributed by atoms with Crippen LogP contribution in [-0.4, -0.2) is 25.9 Å². The Morgan fingerprint density at radius 2 is 1.93 bits per heavy atom. The highest BCUT2D eigenvalue weighted by molar-refractivity contribution is 7.89. The summed E-state index contributed by atoms with van der Waals surface area (Å²) in [7, 11) is -0.745. The van der Waals surface area contributed by atoms with Gasteiger partial charge >= 0.3 is 0 Å². The molecule has 0 saturated carbocycles. The molecular weight excluding hydrogens is 389 g/mol. The fourth-order valence-corrected chi connectivity index (χ4v) is 4.26. The molecule has 1 unspecified atom stereocenters. The van der Waals surface area contributed by atoms with E-state index < -0.39 is 22.0 Å². The van der Waals surface area contributed by atoms with Crippen LogP contribution in [-0.2, 0) is 17.1 Å². The molecule has 0 spiro atoms. The highest BCUT2D eigenvalue weighted by Crippen LogP contribution is 2.27. The number of aryl methyl sites for hydroxylation is 1. The second-order valence-corrected chi connectivity index (χ2v) is 8.72. The van der Waals surface area contributed by atoms with Crippen LogP contribution in [0, 0.1) is 5.82 Å². The van der Waals surface area contributed by atoms with Gasteiger partial charge in [-0.05, 0) is 42.3 Å². The molecule has 3 rings (SSSR count). The minimum absolute atomic E-state index is 0.00658. The topological polar surface area (TPSA) is 80.2 Å². The third-order valence-corrected chi connectivity index (χ3v) is 6.42. The van der Waals surface area contributed by atoms with Gasteiger partial charge in [0, 0.05) is 18.1 Å². The van der Waals surface area contributed by atoms with Crippen LogP contribution in [0.4, 0.5) is 4.39 Å². The monoisotopic (exact) mass is 407 g/mol. The second kappa shape index (κ2) is 7.63. The molecule has 0 aliphatic rings. The maximum atomic E-state index is 13.3. The molecule has 2 aromatic heterocycles. The van der Waals surface area contributed by atoms with Crippen molar-refractivity contribution in [1.82, 2.24) is 14.6 Å². The van der Waals surface area contributed by atoms with E-state index in [-0.39, 0.29) is 16.4 Å². The summed E-state index contributed by atoms with van der Waals surface area (Å²) in [5.41, 5.74) is 0.928. The number of nitrogens with zero attached hydrogens (tertiary/aromatic N) is 1. The van der Waals surface area contributed by atoms with E-state index >= 15 is 0 Å². The summed E-state index contributed by atoms with van der Waals surface area (Å²) < 4.78 is 40.9. The number of hydrogen-bond acceptors (Lipinski definition) is 4. The molecule has 2 N–H and O–H groups in total. The van der Waals surface area contributed by atoms with Gasteiger partial charge in [0.25, 0.3) is 5.91 Å². The Kier molecular flexibility index (Phi) is 5.45. The predicted molar refractivity (Wildman–Crippen MR) is 102 cm³/mol. The van der Waals surface area contributed by atoms with Gasteiger partial charge in [-0.25, -0.2) is 17.5 Å². The Balaban J connectivity index is 1.93. The SMILES string of the molecule is CNS(=O)(=O)c1cc(C(=O)NC(c2ccc(F)cc2)c2cccs2)n(C)c1. The van der Waals surface area contributed by atoms with Crippen LogP contribution in [0.5, 0.6) is 0 Å². The minimum atomic E-state index is -3.65. The van der Waals surface area contributed by atoms with Crippen LogP contribution in [0.25, 0.3) is 0 Å². The number of thiophene rings is 1. The summed E-state index contributed by atoms with van der Waals surface area (Å²) in [4.78, 5) is 13.7. The molecule has 1 amide bonds. The van der Waals surface area contributed by atoms with Gasteiger partial charge < -0.3 is 9.88 Å². The molecule has 0 bridgehead atoms. The number of nitrogens with one attached hydrogen (secondary N) is 2. The van der Waals surface area contributed by atoms with E-state index in [9.17, 15) is 17.6 Å². The third kappa shape index (κ3) is 4.10. The molecule has 2 heterocycles. The molecule has 27 heavy (non-hydrogen) atoms. The first kappa shape index (κ1) is 19.3. The Labute approximate surface area is 160 Å². The maximum Gasteiger partial charge on any atom is 0.268 e. The van der Waals surface area contributed by atoms with Crippen molar-refractivity contribution < 1.29 is 17.6 Å². The lowest BCUT2D eigenvalue weighted by molar-refractivity contribution is 0.0935. The Morgan fingerprint density at radius 3 is 2.52 bits per heavy atom. The van der Waals surface area contributed by atoms with Crippen LogP contribution < -0.4 is 10.0 Å². The lowest BCUT2D eigenvalue weighted by Crippen LogP contribution is -2.30. The Bertz CT molecular complexity index is 1040. The van der Waals surface area contributed by atoms with Crippen molar-refractivity contribution in [2.45, 2.75) is 10.9 Å². The number of sulfonamides is 1. The zero-order chi connectivity index (χ0) is 19.6. The summed E-state index contributed by atoms with van der Waals surface area (Å²) >= 11 is 1.46. The van der Waals surface area contributed by atoms with Crippen molar-refractivity contribution in [3.8, 4) is 0 Å². The normalized spacial score (nSPS) is 12.7. The van der Waals surface area contributed by atoms with E-state index in [1.165, 1.54) is 47.3 Å². The molecule has 0 aliphatic heterocycles. The summed E-state index contributed by atoms with van der Waals surface area (Å²) in [5, 5.41) is 4.80. The zero-order valence-corrected chi connectivity index (χ0v) is 16.3. The van der Waals surface area contributed by atoms with Crippen LogP contribution in [0.2, 0.25) is 0 Å². The predicted octanol–water partition coefficient (Wildman–Crippen LogP) is 2.65. The molecule has 0 radical (unpaired) electrons. The fraction of sp³-hybridized carbons (Fsp3) is 0.167. The highest BCUT2D eigenvalue weighted by atomic mass is 32.2. The summed E-state index contributed by atoms with van der Waals surface area (Å²) in [5.74, 6) is -0.794. The summed E-state index contributed by atoms with van der Waals surface area (Å²) in [6.45, 7) is 0. The lowest BCUT2D eigenvalue weighted by Gasteiger charge is -2.18. The fourth-order valence-electron chi connectivity index (χ4n) is 2.66. The molecule has 0 saturated heterocycles. The first-order valence-corrected chi connectivity index (χ1v) is 10.4. The number of carbonyl (C=O) groups is 1. The van der Waals surface area contributed by atoms with Crippen LogP contribution in [0.15, 0.2) is 58.9 Å². The lowest BCUT2D eigenvalue weighted by atomic mass is 10.1.